The zero-order chi connectivity index (χ0) is 11.9. The predicted molar refractivity (Wildman–Crippen MR) is 63.3 cm³/mol. The molecule has 0 aromatic heterocycles. The van der Waals surface area contributed by atoms with Crippen LogP contribution in [-0.4, -0.2) is 65.1 Å². The van der Waals surface area contributed by atoms with Gasteiger partial charge in [0.1, 0.15) is 0 Å². The highest BCUT2D eigenvalue weighted by Crippen LogP contribution is 1.95. The van der Waals surface area contributed by atoms with E-state index in [1.165, 1.54) is 4.31 Å². The smallest absolute Gasteiger partial charge is 0.276 e. The van der Waals surface area contributed by atoms with Gasteiger partial charge in [-0.2, -0.15) is 12.7 Å². The monoisotopic (exact) mass is 251 g/mol. The third kappa shape index (κ3) is 5.73. The minimum absolute atomic E-state index is 0.485. The van der Waals surface area contributed by atoms with Gasteiger partial charge in [0.25, 0.3) is 10.2 Å². The fourth-order valence-corrected chi connectivity index (χ4v) is 2.19. The molecule has 0 saturated carbocycles. The van der Waals surface area contributed by atoms with E-state index < -0.39 is 10.2 Å². The maximum Gasteiger partial charge on any atom is 0.276 e. The summed E-state index contributed by atoms with van der Waals surface area (Å²) in [6.45, 7) is 6.91. The molecule has 0 radical (unpaired) electrons. The van der Waals surface area contributed by atoms with E-state index in [1.807, 2.05) is 0 Å². The third-order valence-corrected chi connectivity index (χ3v) is 3.48. The number of hydrogen-bond acceptors (Lipinski definition) is 5. The highest BCUT2D eigenvalue weighted by Gasteiger charge is 2.18. The van der Waals surface area contributed by atoms with Gasteiger partial charge in [-0.25, -0.2) is 5.14 Å². The van der Waals surface area contributed by atoms with Gasteiger partial charge >= 0.3 is 0 Å². The summed E-state index contributed by atoms with van der Waals surface area (Å²) in [5.74, 6) is 0. The first kappa shape index (κ1) is 13.8. The average molecular weight is 251 g/mol. The van der Waals surface area contributed by atoms with Crippen molar-refractivity contribution >= 4 is 10.2 Å². The Bertz CT molecular complexity index is 261. The molecule has 2 aliphatic heterocycles. The minimum Gasteiger partial charge on any atom is -0.314 e. The van der Waals surface area contributed by atoms with Crippen LogP contribution in [0.2, 0.25) is 0 Å². The molecule has 2 heterocycles. The molecule has 2 saturated heterocycles. The lowest BCUT2D eigenvalue weighted by Gasteiger charge is -2.24. The van der Waals surface area contributed by atoms with Gasteiger partial charge in [0.15, 0.2) is 0 Å². The number of rotatable bonds is 1. The molecule has 2 fully saturated rings. The molecule has 0 spiro atoms. The molecule has 0 aliphatic carbocycles. The lowest BCUT2D eigenvalue weighted by molar-refractivity contribution is 0.360. The first-order valence-corrected chi connectivity index (χ1v) is 7.01. The molecule has 0 aromatic carbocycles. The molecule has 0 unspecified atom stereocenters. The van der Waals surface area contributed by atoms with Crippen LogP contribution < -0.4 is 21.1 Å². The molecule has 2 rings (SSSR count). The number of piperazine rings is 2. The van der Waals surface area contributed by atoms with E-state index in [4.69, 9.17) is 5.14 Å². The molecule has 0 amide bonds. The van der Waals surface area contributed by atoms with Crippen molar-refractivity contribution in [2.24, 2.45) is 5.14 Å². The van der Waals surface area contributed by atoms with Gasteiger partial charge in [-0.05, 0) is 0 Å². The molecular formula is C8H21N5O2S. The quantitative estimate of drug-likeness (QED) is 0.406. The molecular weight excluding hydrogens is 230 g/mol. The Morgan fingerprint density at radius 3 is 1.44 bits per heavy atom. The summed E-state index contributed by atoms with van der Waals surface area (Å²) in [6.07, 6.45) is 0. The Kier molecular flexibility index (Phi) is 6.17. The largest absolute Gasteiger partial charge is 0.314 e. The van der Waals surface area contributed by atoms with Crippen LogP contribution in [0.25, 0.3) is 0 Å². The van der Waals surface area contributed by atoms with Gasteiger partial charge in [-0.1, -0.05) is 0 Å². The van der Waals surface area contributed by atoms with Crippen LogP contribution >= 0.6 is 0 Å². The summed E-state index contributed by atoms with van der Waals surface area (Å²) in [5, 5.41) is 14.4. The van der Waals surface area contributed by atoms with E-state index in [9.17, 15) is 8.42 Å². The summed E-state index contributed by atoms with van der Waals surface area (Å²) in [4.78, 5) is 0. The van der Waals surface area contributed by atoms with Crippen molar-refractivity contribution in [2.45, 2.75) is 0 Å². The van der Waals surface area contributed by atoms with Crippen LogP contribution in [-0.2, 0) is 10.2 Å². The summed E-state index contributed by atoms with van der Waals surface area (Å²) < 4.78 is 22.6. The van der Waals surface area contributed by atoms with Crippen LogP contribution in [0.4, 0.5) is 0 Å². The molecule has 16 heavy (non-hydrogen) atoms. The van der Waals surface area contributed by atoms with E-state index in [1.54, 1.807) is 0 Å². The zero-order valence-corrected chi connectivity index (χ0v) is 10.2. The van der Waals surface area contributed by atoms with Crippen molar-refractivity contribution in [1.29, 1.82) is 0 Å². The number of nitrogens with two attached hydrogens (primary N) is 1. The van der Waals surface area contributed by atoms with Gasteiger partial charge < -0.3 is 16.0 Å². The Morgan fingerprint density at radius 2 is 1.19 bits per heavy atom. The maximum atomic E-state index is 10.7. The highest BCUT2D eigenvalue weighted by molar-refractivity contribution is 7.86. The van der Waals surface area contributed by atoms with Crippen LogP contribution in [0.3, 0.4) is 0 Å². The Morgan fingerprint density at radius 1 is 0.812 bits per heavy atom. The molecule has 8 heteroatoms. The Balaban J connectivity index is 0.000000181. The number of nitrogens with zero attached hydrogens (tertiary/aromatic N) is 1. The molecule has 5 N–H and O–H groups in total. The molecule has 0 bridgehead atoms. The molecule has 0 atom stereocenters. The highest BCUT2D eigenvalue weighted by atomic mass is 32.2. The SMILES string of the molecule is C1CNCCN1.NS(=O)(=O)N1CCNCC1. The second kappa shape index (κ2) is 7.15. The van der Waals surface area contributed by atoms with Crippen LogP contribution in [0.1, 0.15) is 0 Å². The van der Waals surface area contributed by atoms with E-state index in [-0.39, 0.29) is 0 Å². The van der Waals surface area contributed by atoms with Crippen LogP contribution in [0.5, 0.6) is 0 Å². The topological polar surface area (TPSA) is 99.5 Å². The van der Waals surface area contributed by atoms with E-state index in [0.29, 0.717) is 26.2 Å². The van der Waals surface area contributed by atoms with Gasteiger partial charge in [-0.3, -0.25) is 0 Å². The Hall–Kier alpha value is -0.250. The summed E-state index contributed by atoms with van der Waals surface area (Å²) in [6, 6.07) is 0. The van der Waals surface area contributed by atoms with Crippen molar-refractivity contribution in [3.63, 3.8) is 0 Å². The fourth-order valence-electron chi connectivity index (χ4n) is 1.50. The maximum absolute atomic E-state index is 10.7. The first-order chi connectivity index (χ1) is 7.61. The van der Waals surface area contributed by atoms with Crippen molar-refractivity contribution in [3.05, 3.63) is 0 Å². The van der Waals surface area contributed by atoms with E-state index in [2.05, 4.69) is 16.0 Å². The third-order valence-electron chi connectivity index (χ3n) is 2.39. The van der Waals surface area contributed by atoms with Gasteiger partial charge in [0.2, 0.25) is 0 Å². The molecule has 2 aliphatic rings. The lowest BCUT2D eigenvalue weighted by Crippen LogP contribution is -2.48. The summed E-state index contributed by atoms with van der Waals surface area (Å²) in [5.41, 5.74) is 0. The lowest BCUT2D eigenvalue weighted by atomic mass is 10.4. The average Bonchev–Trinajstić information content (AvgIpc) is 2.32. The van der Waals surface area contributed by atoms with Crippen LogP contribution in [0.15, 0.2) is 0 Å². The van der Waals surface area contributed by atoms with Gasteiger partial charge in [-0.15, -0.1) is 0 Å². The normalized spacial score (nSPS) is 23.3. The minimum atomic E-state index is -3.43. The Labute approximate surface area is 96.9 Å². The fraction of sp³-hybridized carbons (Fsp3) is 1.00. The van der Waals surface area contributed by atoms with Crippen LogP contribution in [0, 0.1) is 0 Å². The summed E-state index contributed by atoms with van der Waals surface area (Å²) >= 11 is 0. The second-order valence-corrected chi connectivity index (χ2v) is 5.24. The van der Waals surface area contributed by atoms with Crippen molar-refractivity contribution in [3.8, 4) is 0 Å². The van der Waals surface area contributed by atoms with Gasteiger partial charge in [0.05, 0.1) is 0 Å². The number of nitrogens with one attached hydrogen (secondary N) is 3. The number of hydrogen-bond donors (Lipinski definition) is 4. The second-order valence-electron chi connectivity index (χ2n) is 3.69. The predicted octanol–water partition coefficient (Wildman–Crippen LogP) is -2.73. The van der Waals surface area contributed by atoms with Crippen molar-refractivity contribution in [2.75, 3.05) is 52.4 Å². The first-order valence-electron chi connectivity index (χ1n) is 5.51. The molecule has 96 valence electrons. The van der Waals surface area contributed by atoms with Crippen molar-refractivity contribution in [1.82, 2.24) is 20.3 Å². The molecule has 7 nitrogen and oxygen atoms in total. The van der Waals surface area contributed by atoms with Gasteiger partial charge in [0, 0.05) is 52.4 Å². The summed E-state index contributed by atoms with van der Waals surface area (Å²) in [7, 11) is -3.43. The van der Waals surface area contributed by atoms with E-state index >= 15 is 0 Å². The standard InChI is InChI=1S/C4H11N3O2S.C4H10N2/c5-10(8,9)7-3-1-6-2-4-7;1-2-6-4-3-5-1/h6H,1-4H2,(H2,5,8,9);5-6H,1-4H2. The molecule has 0 aromatic rings. The van der Waals surface area contributed by atoms with Crippen molar-refractivity contribution < 1.29 is 8.42 Å². The van der Waals surface area contributed by atoms with E-state index in [0.717, 1.165) is 26.2 Å². The zero-order valence-electron chi connectivity index (χ0n) is 9.41.